The van der Waals surface area contributed by atoms with E-state index in [0.29, 0.717) is 23.5 Å². The number of aliphatic hydroxyl groups is 1. The fraction of sp³-hybridized carbons (Fsp3) is 0.423. The van der Waals surface area contributed by atoms with Gasteiger partial charge in [-0.15, -0.1) is 0 Å². The van der Waals surface area contributed by atoms with Gasteiger partial charge in [-0.2, -0.15) is 0 Å². The standard InChI is InChI=1S/C26H32BFN2O4S/c1-24(2,32)25(3,4)34-27-21-15-30(19-9-7-18(28)8-10-19)22-14-17(6-11-20(21)22)23(31)29-26(5)12-13-35(33)16-26/h6-11,14-15,27,32H,12-13,16H2,1-5H3,(H,29,31). The van der Waals surface area contributed by atoms with Crippen LogP contribution < -0.4 is 10.8 Å². The minimum absolute atomic E-state index is 0.221. The quantitative estimate of drug-likeness (QED) is 0.388. The molecule has 0 bridgehead atoms. The van der Waals surface area contributed by atoms with Crippen LogP contribution in [0.3, 0.4) is 0 Å². The Morgan fingerprint density at radius 3 is 2.51 bits per heavy atom. The molecule has 0 radical (unpaired) electrons. The molecule has 1 saturated heterocycles. The van der Waals surface area contributed by atoms with E-state index in [1.54, 1.807) is 32.0 Å². The first-order chi connectivity index (χ1) is 16.3. The maximum Gasteiger partial charge on any atom is 0.311 e. The molecule has 0 aliphatic carbocycles. The number of hydrogen-bond donors (Lipinski definition) is 2. The van der Waals surface area contributed by atoms with Crippen molar-refractivity contribution in [3.63, 3.8) is 0 Å². The summed E-state index contributed by atoms with van der Waals surface area (Å²) in [6, 6.07) is 11.6. The van der Waals surface area contributed by atoms with Crippen LogP contribution in [-0.4, -0.2) is 55.9 Å². The fourth-order valence-corrected chi connectivity index (χ4v) is 5.84. The number of aromatic nitrogens is 1. The van der Waals surface area contributed by atoms with Crippen LogP contribution in [0.1, 0.15) is 51.4 Å². The molecule has 1 aromatic heterocycles. The van der Waals surface area contributed by atoms with Gasteiger partial charge >= 0.3 is 7.48 Å². The van der Waals surface area contributed by atoms with Crippen molar-refractivity contribution < 1.29 is 23.5 Å². The third kappa shape index (κ3) is 5.43. The molecule has 1 fully saturated rings. The van der Waals surface area contributed by atoms with Crippen molar-refractivity contribution >= 4 is 40.9 Å². The molecule has 2 atom stereocenters. The molecule has 3 aromatic rings. The predicted molar refractivity (Wildman–Crippen MR) is 140 cm³/mol. The molecule has 2 N–H and O–H groups in total. The second-order valence-corrected chi connectivity index (χ2v) is 12.2. The lowest BCUT2D eigenvalue weighted by atomic mass is 9.82. The van der Waals surface area contributed by atoms with E-state index in [9.17, 15) is 18.8 Å². The van der Waals surface area contributed by atoms with Crippen LogP contribution in [0, 0.1) is 5.82 Å². The molecule has 9 heteroatoms. The van der Waals surface area contributed by atoms with Gasteiger partial charge in [0.25, 0.3) is 5.91 Å². The number of carbonyl (C=O) groups excluding carboxylic acids is 1. The highest BCUT2D eigenvalue weighted by molar-refractivity contribution is 7.91. The molecule has 35 heavy (non-hydrogen) atoms. The second kappa shape index (κ2) is 9.28. The molecule has 4 rings (SSSR count). The summed E-state index contributed by atoms with van der Waals surface area (Å²) in [7, 11) is 0.247. The van der Waals surface area contributed by atoms with Crippen LogP contribution in [-0.2, 0) is 15.8 Å². The largest absolute Gasteiger partial charge is 0.616 e. The van der Waals surface area contributed by atoms with Gasteiger partial charge in [0.05, 0.1) is 22.3 Å². The van der Waals surface area contributed by atoms with Crippen molar-refractivity contribution in [1.29, 1.82) is 0 Å². The zero-order valence-corrected chi connectivity index (χ0v) is 21.7. The summed E-state index contributed by atoms with van der Waals surface area (Å²) < 4.78 is 33.5. The van der Waals surface area contributed by atoms with Gasteiger partial charge in [-0.1, -0.05) is 17.2 Å². The highest BCUT2D eigenvalue weighted by atomic mass is 32.2. The first-order valence-electron chi connectivity index (χ1n) is 11.7. The van der Waals surface area contributed by atoms with Gasteiger partial charge in [-0.3, -0.25) is 4.79 Å². The normalized spacial score (nSPS) is 20.9. The summed E-state index contributed by atoms with van der Waals surface area (Å²) in [6.45, 7) is 9.02. The van der Waals surface area contributed by atoms with E-state index in [0.717, 1.165) is 22.1 Å². The summed E-state index contributed by atoms with van der Waals surface area (Å²) in [5.41, 5.74) is 0.567. The lowest BCUT2D eigenvalue weighted by Crippen LogP contribution is -2.49. The van der Waals surface area contributed by atoms with Gasteiger partial charge in [-0.05, 0) is 81.9 Å². The molecular formula is C26H32BFN2O4S. The molecule has 1 aliphatic heterocycles. The van der Waals surface area contributed by atoms with Crippen molar-refractivity contribution in [2.45, 2.75) is 57.8 Å². The molecule has 2 aromatic carbocycles. The van der Waals surface area contributed by atoms with Gasteiger partial charge in [0.15, 0.2) is 0 Å². The van der Waals surface area contributed by atoms with Gasteiger partial charge in [0.2, 0.25) is 0 Å². The minimum atomic E-state index is -1.05. The lowest BCUT2D eigenvalue weighted by molar-refractivity contribution is -0.0893. The van der Waals surface area contributed by atoms with E-state index in [2.05, 4.69) is 5.32 Å². The number of halogens is 1. The first kappa shape index (κ1) is 25.8. The molecule has 186 valence electrons. The van der Waals surface area contributed by atoms with E-state index < -0.39 is 27.9 Å². The van der Waals surface area contributed by atoms with Crippen molar-refractivity contribution in [2.75, 3.05) is 11.5 Å². The van der Waals surface area contributed by atoms with Crippen LogP contribution in [0.4, 0.5) is 4.39 Å². The molecule has 1 amide bonds. The number of nitrogens with zero attached hydrogens (tertiary/aromatic N) is 1. The lowest BCUT2D eigenvalue weighted by Gasteiger charge is -2.37. The van der Waals surface area contributed by atoms with Crippen molar-refractivity contribution in [3.05, 3.63) is 60.0 Å². The summed E-state index contributed by atoms with van der Waals surface area (Å²) in [4.78, 5) is 13.1. The van der Waals surface area contributed by atoms with Gasteiger partial charge in [-0.25, -0.2) is 4.39 Å². The Balaban J connectivity index is 1.71. The van der Waals surface area contributed by atoms with Crippen molar-refractivity contribution in [3.8, 4) is 5.69 Å². The zero-order chi connectivity index (χ0) is 25.6. The zero-order valence-electron chi connectivity index (χ0n) is 20.9. The highest BCUT2D eigenvalue weighted by Crippen LogP contribution is 2.27. The molecule has 0 spiro atoms. The van der Waals surface area contributed by atoms with E-state index in [1.165, 1.54) is 12.1 Å². The smallest absolute Gasteiger partial charge is 0.311 e. The van der Waals surface area contributed by atoms with E-state index in [4.69, 9.17) is 4.65 Å². The molecule has 6 nitrogen and oxygen atoms in total. The monoisotopic (exact) mass is 498 g/mol. The Morgan fingerprint density at radius 2 is 1.91 bits per heavy atom. The summed E-state index contributed by atoms with van der Waals surface area (Å²) >= 11 is -0.912. The third-order valence-electron chi connectivity index (χ3n) is 7.09. The van der Waals surface area contributed by atoms with Crippen molar-refractivity contribution in [1.82, 2.24) is 9.88 Å². The predicted octanol–water partition coefficient (Wildman–Crippen LogP) is 2.95. The number of fused-ring (bicyclic) bond motifs is 1. The Hall–Kier alpha value is -2.33. The molecule has 2 unspecified atom stereocenters. The molecule has 0 saturated carbocycles. The molecular weight excluding hydrogens is 466 g/mol. The SMILES string of the molecule is CC1(NC(=O)c2ccc3c(BOC(C)(C)C(C)(C)O)cn(-c4ccc(F)cc4)c3c2)CC[S+]([O-])C1. The number of nitrogens with one attached hydrogen (secondary N) is 1. The first-order valence-corrected chi connectivity index (χ1v) is 13.2. The van der Waals surface area contributed by atoms with E-state index in [1.807, 2.05) is 43.7 Å². The summed E-state index contributed by atoms with van der Waals surface area (Å²) in [5, 5.41) is 14.4. The van der Waals surface area contributed by atoms with Crippen LogP contribution in [0.5, 0.6) is 0 Å². The second-order valence-electron chi connectivity index (χ2n) is 10.6. The number of rotatable bonds is 7. The van der Waals surface area contributed by atoms with Crippen LogP contribution in [0.2, 0.25) is 0 Å². The molecule has 2 heterocycles. The van der Waals surface area contributed by atoms with Crippen LogP contribution in [0.25, 0.3) is 16.6 Å². The third-order valence-corrected chi connectivity index (χ3v) is 8.71. The fourth-order valence-electron chi connectivity index (χ4n) is 4.09. The number of carbonyl (C=O) groups is 1. The summed E-state index contributed by atoms with van der Waals surface area (Å²) in [5.74, 6) is 0.489. The molecule has 1 aliphatic rings. The number of benzene rings is 2. The average Bonchev–Trinajstić information content (AvgIpc) is 3.31. The van der Waals surface area contributed by atoms with Gasteiger partial charge < -0.3 is 24.2 Å². The Kier molecular flexibility index (Phi) is 6.83. The van der Waals surface area contributed by atoms with Gasteiger partial charge in [0.1, 0.15) is 17.3 Å². The van der Waals surface area contributed by atoms with E-state index >= 15 is 0 Å². The maximum atomic E-state index is 13.6. The van der Waals surface area contributed by atoms with E-state index in [-0.39, 0.29) is 19.2 Å². The Labute approximate surface area is 209 Å². The van der Waals surface area contributed by atoms with Crippen LogP contribution in [0.15, 0.2) is 48.7 Å². The Morgan fingerprint density at radius 1 is 1.23 bits per heavy atom. The minimum Gasteiger partial charge on any atom is -0.616 e. The van der Waals surface area contributed by atoms with Gasteiger partial charge in [0, 0.05) is 23.9 Å². The average molecular weight is 498 g/mol. The Bertz CT molecular complexity index is 1240. The maximum absolute atomic E-state index is 13.6. The topological polar surface area (TPSA) is 86.5 Å². The van der Waals surface area contributed by atoms with Crippen molar-refractivity contribution in [2.24, 2.45) is 0 Å². The highest BCUT2D eigenvalue weighted by Gasteiger charge is 2.39. The number of hydrogen-bond acceptors (Lipinski definition) is 4. The van der Waals surface area contributed by atoms with Crippen LogP contribution >= 0.6 is 0 Å². The number of amides is 1. The summed E-state index contributed by atoms with van der Waals surface area (Å²) in [6.07, 6.45) is 2.60.